The number of carbonyl (C=O) groups is 3. The molecule has 1 atom stereocenters. The molecule has 2 N–H and O–H groups in total. The molecule has 1 aromatic rings. The maximum Gasteiger partial charge on any atom is 0.339 e. The van der Waals surface area contributed by atoms with Gasteiger partial charge in [0.05, 0.1) is 11.1 Å². The number of carboxylic acids is 1. The molecule has 1 rings (SSSR count). The molecule has 0 aliphatic heterocycles. The monoisotopic (exact) mass is 308 g/mol. The third kappa shape index (κ3) is 5.02. The molecule has 7 nitrogen and oxygen atoms in total. The summed E-state index contributed by atoms with van der Waals surface area (Å²) in [5.41, 5.74) is -1.94. The molecule has 1 unspecified atom stereocenters. The lowest BCUT2D eigenvalue weighted by Gasteiger charge is -2.22. The minimum absolute atomic E-state index is 0.131. The summed E-state index contributed by atoms with van der Waals surface area (Å²) in [6.45, 7) is 3.64. The van der Waals surface area contributed by atoms with Crippen molar-refractivity contribution in [2.24, 2.45) is 0 Å². The van der Waals surface area contributed by atoms with E-state index in [4.69, 9.17) is 9.84 Å². The van der Waals surface area contributed by atoms with E-state index < -0.39 is 36.7 Å². The molecule has 0 bridgehead atoms. The molecule has 0 fully saturated rings. The van der Waals surface area contributed by atoms with Gasteiger partial charge in [-0.05, 0) is 19.1 Å². The molecule has 0 heterocycles. The molecule has 7 heteroatoms. The van der Waals surface area contributed by atoms with E-state index in [9.17, 15) is 19.5 Å². The summed E-state index contributed by atoms with van der Waals surface area (Å²) in [5, 5.41) is 18.9. The van der Waals surface area contributed by atoms with E-state index in [1.54, 1.807) is 0 Å². The lowest BCUT2D eigenvalue weighted by Crippen LogP contribution is -2.38. The van der Waals surface area contributed by atoms with Gasteiger partial charge in [0, 0.05) is 6.08 Å². The maximum atomic E-state index is 11.9. The Balaban J connectivity index is 2.68. The normalized spacial score (nSPS) is 12.8. The first-order valence-electron chi connectivity index (χ1n) is 6.28. The predicted octanol–water partition coefficient (Wildman–Crippen LogP) is 1.02. The van der Waals surface area contributed by atoms with Crippen molar-refractivity contribution in [1.29, 1.82) is 0 Å². The van der Waals surface area contributed by atoms with Crippen LogP contribution in [0.2, 0.25) is 0 Å². The number of benzene rings is 1. The molecular weight excluding hydrogens is 292 g/mol. The van der Waals surface area contributed by atoms with Crippen LogP contribution in [0, 0.1) is 0 Å². The second-order valence-corrected chi connectivity index (χ2v) is 4.74. The number of ether oxygens (including phenoxy) is 2. The van der Waals surface area contributed by atoms with Gasteiger partial charge in [0.25, 0.3) is 0 Å². The number of carbonyl (C=O) groups excluding carboxylic acids is 2. The highest BCUT2D eigenvalue weighted by Crippen LogP contribution is 2.12. The second-order valence-electron chi connectivity index (χ2n) is 4.74. The summed E-state index contributed by atoms with van der Waals surface area (Å²) in [5.74, 6) is -2.88. The number of rotatable bonds is 7. The zero-order valence-electron chi connectivity index (χ0n) is 11.9. The molecule has 0 aromatic heterocycles. The fourth-order valence-corrected chi connectivity index (χ4v) is 1.47. The fraction of sp³-hybridized carbons (Fsp3) is 0.267. The number of carboxylic acid groups (broad SMARTS) is 1. The van der Waals surface area contributed by atoms with Crippen LogP contribution in [0.5, 0.6) is 0 Å². The summed E-state index contributed by atoms with van der Waals surface area (Å²) in [6, 6.07) is 5.54. The Morgan fingerprint density at radius 2 is 1.73 bits per heavy atom. The summed E-state index contributed by atoms with van der Waals surface area (Å²) in [6.07, 6.45) is 0.936. The van der Waals surface area contributed by atoms with Gasteiger partial charge in [0.15, 0.2) is 0 Å². The number of hydrogen-bond acceptors (Lipinski definition) is 6. The van der Waals surface area contributed by atoms with Gasteiger partial charge in [-0.2, -0.15) is 0 Å². The van der Waals surface area contributed by atoms with Crippen LogP contribution >= 0.6 is 0 Å². The van der Waals surface area contributed by atoms with E-state index in [1.165, 1.54) is 31.2 Å². The van der Waals surface area contributed by atoms with Crippen LogP contribution < -0.4 is 0 Å². The third-order valence-corrected chi connectivity index (χ3v) is 2.58. The van der Waals surface area contributed by atoms with Crippen LogP contribution in [0.4, 0.5) is 0 Å². The van der Waals surface area contributed by atoms with E-state index >= 15 is 0 Å². The first kappa shape index (κ1) is 17.4. The number of aromatic carboxylic acids is 1. The van der Waals surface area contributed by atoms with Crippen molar-refractivity contribution in [2.75, 3.05) is 13.2 Å². The van der Waals surface area contributed by atoms with Crippen LogP contribution in [0.15, 0.2) is 36.9 Å². The molecular formula is C15H16O7. The van der Waals surface area contributed by atoms with Gasteiger partial charge in [0.2, 0.25) is 0 Å². The number of hydrogen-bond donors (Lipinski definition) is 2. The molecule has 0 saturated carbocycles. The molecule has 0 amide bonds. The van der Waals surface area contributed by atoms with E-state index in [0.29, 0.717) is 0 Å². The molecule has 22 heavy (non-hydrogen) atoms. The first-order chi connectivity index (χ1) is 10.3. The van der Waals surface area contributed by atoms with Gasteiger partial charge < -0.3 is 19.7 Å². The van der Waals surface area contributed by atoms with Crippen molar-refractivity contribution in [3.8, 4) is 0 Å². The molecule has 0 saturated heterocycles. The lowest BCUT2D eigenvalue weighted by atomic mass is 10.1. The highest BCUT2D eigenvalue weighted by atomic mass is 16.6. The van der Waals surface area contributed by atoms with Crippen LogP contribution in [-0.4, -0.2) is 46.9 Å². The average molecular weight is 308 g/mol. The van der Waals surface area contributed by atoms with Crippen molar-refractivity contribution in [3.63, 3.8) is 0 Å². The Bertz CT molecular complexity index is 589. The zero-order chi connectivity index (χ0) is 16.8. The number of esters is 2. The Kier molecular flexibility index (Phi) is 5.82. The lowest BCUT2D eigenvalue weighted by molar-refractivity contribution is -0.146. The Hall–Kier alpha value is -2.67. The van der Waals surface area contributed by atoms with Crippen molar-refractivity contribution in [3.05, 3.63) is 48.0 Å². The predicted molar refractivity (Wildman–Crippen MR) is 75.5 cm³/mol. The van der Waals surface area contributed by atoms with E-state index in [-0.39, 0.29) is 11.1 Å². The topological polar surface area (TPSA) is 110 Å². The summed E-state index contributed by atoms with van der Waals surface area (Å²) < 4.78 is 9.54. The van der Waals surface area contributed by atoms with Crippen molar-refractivity contribution in [1.82, 2.24) is 0 Å². The standard InChI is InChI=1S/C15H16O7/c1-3-12(16)21-8-15(2,20)9-22-14(19)11-7-5-4-6-10(11)13(17)18/h3-7,20H,1,8-9H2,2H3,(H,17,18). The molecule has 118 valence electrons. The van der Waals surface area contributed by atoms with Crippen LogP contribution in [0.25, 0.3) is 0 Å². The van der Waals surface area contributed by atoms with Gasteiger partial charge in [-0.3, -0.25) is 0 Å². The van der Waals surface area contributed by atoms with Gasteiger partial charge in [-0.1, -0.05) is 18.7 Å². The molecule has 1 aromatic carbocycles. The smallest absolute Gasteiger partial charge is 0.339 e. The Labute approximate surface area is 126 Å². The van der Waals surface area contributed by atoms with Crippen LogP contribution in [0.1, 0.15) is 27.6 Å². The Morgan fingerprint density at radius 1 is 1.18 bits per heavy atom. The molecule has 0 aliphatic rings. The Morgan fingerprint density at radius 3 is 2.27 bits per heavy atom. The third-order valence-electron chi connectivity index (χ3n) is 2.58. The van der Waals surface area contributed by atoms with Crippen LogP contribution in [-0.2, 0) is 14.3 Å². The molecule has 0 aliphatic carbocycles. The first-order valence-corrected chi connectivity index (χ1v) is 6.28. The maximum absolute atomic E-state index is 11.9. The van der Waals surface area contributed by atoms with Crippen molar-refractivity contribution in [2.45, 2.75) is 12.5 Å². The summed E-state index contributed by atoms with van der Waals surface area (Å²) >= 11 is 0. The highest BCUT2D eigenvalue weighted by molar-refractivity contribution is 6.02. The van der Waals surface area contributed by atoms with E-state index in [0.717, 1.165) is 6.08 Å². The molecule has 0 radical (unpaired) electrons. The zero-order valence-corrected chi connectivity index (χ0v) is 11.9. The number of aliphatic hydroxyl groups is 1. The van der Waals surface area contributed by atoms with Crippen molar-refractivity contribution < 1.29 is 34.1 Å². The van der Waals surface area contributed by atoms with E-state index in [2.05, 4.69) is 11.3 Å². The highest BCUT2D eigenvalue weighted by Gasteiger charge is 2.26. The van der Waals surface area contributed by atoms with Gasteiger partial charge >= 0.3 is 17.9 Å². The van der Waals surface area contributed by atoms with Gasteiger partial charge in [-0.15, -0.1) is 0 Å². The van der Waals surface area contributed by atoms with E-state index in [1.807, 2.05) is 0 Å². The fourth-order valence-electron chi connectivity index (χ4n) is 1.47. The van der Waals surface area contributed by atoms with Crippen LogP contribution in [0.3, 0.4) is 0 Å². The largest absolute Gasteiger partial charge is 0.478 e. The minimum atomic E-state index is -1.60. The van der Waals surface area contributed by atoms with Crippen molar-refractivity contribution >= 4 is 17.9 Å². The average Bonchev–Trinajstić information content (AvgIpc) is 2.50. The summed E-state index contributed by atoms with van der Waals surface area (Å²) in [7, 11) is 0. The quantitative estimate of drug-likeness (QED) is 0.571. The SMILES string of the molecule is C=CC(=O)OCC(C)(O)COC(=O)c1ccccc1C(=O)O. The van der Waals surface area contributed by atoms with Gasteiger partial charge in [0.1, 0.15) is 18.8 Å². The second kappa shape index (κ2) is 7.37. The van der Waals surface area contributed by atoms with Gasteiger partial charge in [-0.25, -0.2) is 14.4 Å². The summed E-state index contributed by atoms with van der Waals surface area (Å²) in [4.78, 5) is 33.8. The minimum Gasteiger partial charge on any atom is -0.478 e. The molecule has 0 spiro atoms.